The first-order valence-electron chi connectivity index (χ1n) is 13.6. The van der Waals surface area contributed by atoms with E-state index in [2.05, 4.69) is 38.0 Å². The number of para-hydroxylation sites is 1. The molecule has 0 unspecified atom stereocenters. The molecule has 8 heteroatoms. The predicted molar refractivity (Wildman–Crippen MR) is 159 cm³/mol. The maximum Gasteiger partial charge on any atom is 0.250 e. The van der Waals surface area contributed by atoms with E-state index in [1.807, 2.05) is 36.4 Å². The number of nitrogens with zero attached hydrogens (tertiary/aromatic N) is 3. The average Bonchev–Trinajstić information content (AvgIpc) is 3.70. The van der Waals surface area contributed by atoms with Crippen molar-refractivity contribution in [3.63, 3.8) is 0 Å². The van der Waals surface area contributed by atoms with Crippen molar-refractivity contribution in [2.75, 3.05) is 31.5 Å². The van der Waals surface area contributed by atoms with E-state index in [0.29, 0.717) is 22.4 Å². The number of aromatic amines is 1. The number of carbonyl (C=O) groups excluding carboxylic acids is 1. The van der Waals surface area contributed by atoms with Crippen LogP contribution in [0, 0.1) is 5.82 Å². The number of benzene rings is 4. The molecule has 7 rings (SSSR count). The van der Waals surface area contributed by atoms with E-state index < -0.39 is 5.91 Å². The number of halogens is 1. The number of nitrogens with one attached hydrogen (secondary N) is 2. The Kier molecular flexibility index (Phi) is 5.97. The van der Waals surface area contributed by atoms with Crippen molar-refractivity contribution in [2.45, 2.75) is 12.8 Å². The zero-order chi connectivity index (χ0) is 27.2. The number of imidazole rings is 1. The molecule has 1 fully saturated rings. The molecule has 1 saturated heterocycles. The molecule has 4 aromatic carbocycles. The van der Waals surface area contributed by atoms with Crippen molar-refractivity contribution in [1.82, 2.24) is 19.4 Å². The normalized spacial score (nSPS) is 14.0. The van der Waals surface area contributed by atoms with Crippen molar-refractivity contribution >= 4 is 44.4 Å². The van der Waals surface area contributed by atoms with Crippen molar-refractivity contribution in [2.24, 2.45) is 5.73 Å². The third-order valence-electron chi connectivity index (χ3n) is 7.87. The van der Waals surface area contributed by atoms with Crippen LogP contribution in [0.25, 0.3) is 49.9 Å². The van der Waals surface area contributed by atoms with Gasteiger partial charge in [0.1, 0.15) is 11.6 Å². The summed E-state index contributed by atoms with van der Waals surface area (Å²) in [6.45, 7) is 3.89. The topological polar surface area (TPSA) is 92.0 Å². The number of amides is 1. The fourth-order valence-corrected chi connectivity index (χ4v) is 5.99. The Labute approximate surface area is 230 Å². The number of hydrogen-bond acceptors (Lipinski definition) is 4. The molecule has 0 atom stereocenters. The second-order valence-electron chi connectivity index (χ2n) is 10.4. The Morgan fingerprint density at radius 1 is 0.975 bits per heavy atom. The molecule has 0 spiro atoms. The molecular weight excluding hydrogens is 503 g/mol. The van der Waals surface area contributed by atoms with Crippen molar-refractivity contribution in [3.05, 3.63) is 90.2 Å². The molecule has 6 aromatic rings. The number of aromatic nitrogens is 3. The molecule has 40 heavy (non-hydrogen) atoms. The molecule has 200 valence electrons. The molecule has 0 radical (unpaired) electrons. The first kappa shape index (κ1) is 24.4. The third-order valence-corrected chi connectivity index (χ3v) is 7.87. The second-order valence-corrected chi connectivity index (χ2v) is 10.4. The molecule has 7 nitrogen and oxygen atoms in total. The third kappa shape index (κ3) is 4.17. The van der Waals surface area contributed by atoms with Gasteiger partial charge in [-0.25, -0.2) is 9.37 Å². The fourth-order valence-electron chi connectivity index (χ4n) is 5.99. The van der Waals surface area contributed by atoms with Gasteiger partial charge in [0.05, 0.1) is 27.6 Å². The Bertz CT molecular complexity index is 1900. The van der Waals surface area contributed by atoms with Gasteiger partial charge in [-0.2, -0.15) is 0 Å². The number of primary amides is 1. The van der Waals surface area contributed by atoms with Gasteiger partial charge in [-0.05, 0) is 74.5 Å². The summed E-state index contributed by atoms with van der Waals surface area (Å²) in [6.07, 6.45) is 2.48. The number of fused-ring (bicyclic) bond motifs is 4. The van der Waals surface area contributed by atoms with Crippen LogP contribution >= 0.6 is 0 Å². The molecule has 1 amide bonds. The SMILES string of the molecule is NC(=O)c1ccc(-n2c3ccccc3c3c(-c4nc5ccc(F)cc5[nH]4)cccc32)cc1NCCN1CCCC1. The quantitative estimate of drug-likeness (QED) is 0.233. The van der Waals surface area contributed by atoms with Gasteiger partial charge in [0.15, 0.2) is 0 Å². The lowest BCUT2D eigenvalue weighted by Crippen LogP contribution is -2.26. The molecule has 0 saturated carbocycles. The summed E-state index contributed by atoms with van der Waals surface area (Å²) in [7, 11) is 0. The smallest absolute Gasteiger partial charge is 0.250 e. The van der Waals surface area contributed by atoms with Crippen LogP contribution in [0.1, 0.15) is 23.2 Å². The minimum absolute atomic E-state index is 0.304. The van der Waals surface area contributed by atoms with E-state index in [1.165, 1.54) is 25.0 Å². The minimum Gasteiger partial charge on any atom is -0.383 e. The summed E-state index contributed by atoms with van der Waals surface area (Å²) in [5.74, 6) is -0.0785. The van der Waals surface area contributed by atoms with Gasteiger partial charge >= 0.3 is 0 Å². The molecule has 1 aliphatic heterocycles. The maximum atomic E-state index is 13.9. The zero-order valence-corrected chi connectivity index (χ0v) is 22.0. The summed E-state index contributed by atoms with van der Waals surface area (Å²) in [5, 5.41) is 5.59. The Balaban J connectivity index is 1.37. The molecule has 0 bridgehead atoms. The van der Waals surface area contributed by atoms with Crippen LogP contribution < -0.4 is 11.1 Å². The van der Waals surface area contributed by atoms with Crippen LogP contribution in [0.15, 0.2) is 78.9 Å². The Hall–Kier alpha value is -4.69. The lowest BCUT2D eigenvalue weighted by Gasteiger charge is -2.18. The lowest BCUT2D eigenvalue weighted by molar-refractivity contribution is 0.100. The molecule has 3 heterocycles. The molecular formula is C32H29FN6O. The lowest BCUT2D eigenvalue weighted by atomic mass is 10.1. The van der Waals surface area contributed by atoms with E-state index in [-0.39, 0.29) is 5.82 Å². The number of anilines is 1. The Morgan fingerprint density at radius 3 is 2.65 bits per heavy atom. The van der Waals surface area contributed by atoms with Crippen LogP contribution in [-0.4, -0.2) is 51.5 Å². The monoisotopic (exact) mass is 532 g/mol. The first-order chi connectivity index (χ1) is 19.6. The van der Waals surface area contributed by atoms with Crippen LogP contribution in [0.4, 0.5) is 10.1 Å². The molecule has 2 aromatic heterocycles. The first-order valence-corrected chi connectivity index (χ1v) is 13.6. The fraction of sp³-hybridized carbons (Fsp3) is 0.188. The second kappa shape index (κ2) is 9.81. The molecule has 4 N–H and O–H groups in total. The number of likely N-dealkylation sites (tertiary alicyclic amines) is 1. The van der Waals surface area contributed by atoms with Crippen molar-refractivity contribution < 1.29 is 9.18 Å². The number of nitrogens with two attached hydrogens (primary N) is 1. The van der Waals surface area contributed by atoms with Gasteiger partial charge in [-0.1, -0.05) is 30.3 Å². The molecule has 1 aliphatic rings. The maximum absolute atomic E-state index is 13.9. The van der Waals surface area contributed by atoms with Gasteiger partial charge < -0.3 is 25.5 Å². The van der Waals surface area contributed by atoms with Crippen LogP contribution in [0.3, 0.4) is 0 Å². The summed E-state index contributed by atoms with van der Waals surface area (Å²) >= 11 is 0. The Morgan fingerprint density at radius 2 is 1.80 bits per heavy atom. The van der Waals surface area contributed by atoms with Crippen LogP contribution in [0.2, 0.25) is 0 Å². The van der Waals surface area contributed by atoms with E-state index in [0.717, 1.165) is 64.9 Å². The van der Waals surface area contributed by atoms with E-state index in [1.54, 1.807) is 12.1 Å². The van der Waals surface area contributed by atoms with Crippen molar-refractivity contribution in [3.8, 4) is 17.1 Å². The minimum atomic E-state index is -0.457. The van der Waals surface area contributed by atoms with Gasteiger partial charge in [0.25, 0.3) is 5.91 Å². The highest BCUT2D eigenvalue weighted by Gasteiger charge is 2.19. The van der Waals surface area contributed by atoms with Crippen LogP contribution in [-0.2, 0) is 0 Å². The van der Waals surface area contributed by atoms with E-state index in [9.17, 15) is 9.18 Å². The number of hydrogen-bond donors (Lipinski definition) is 3. The van der Waals surface area contributed by atoms with Gasteiger partial charge in [0, 0.05) is 40.8 Å². The zero-order valence-electron chi connectivity index (χ0n) is 22.0. The summed E-state index contributed by atoms with van der Waals surface area (Å²) in [5.41, 5.74) is 12.2. The number of H-pyrrole nitrogens is 1. The largest absolute Gasteiger partial charge is 0.383 e. The van der Waals surface area contributed by atoms with E-state index >= 15 is 0 Å². The summed E-state index contributed by atoms with van der Waals surface area (Å²) < 4.78 is 16.1. The van der Waals surface area contributed by atoms with Gasteiger partial charge in [0.2, 0.25) is 0 Å². The standard InChI is InChI=1S/C32H29FN6O/c33-20-10-13-25-27(18-20)37-32(36-25)24-7-5-9-29-30(24)23-6-1-2-8-28(23)39(29)21-11-12-22(31(34)40)26(19-21)35-14-17-38-15-3-4-16-38/h1-2,5-13,18-19,35H,3-4,14-17H2,(H2,34,40)(H,36,37). The van der Waals surface area contributed by atoms with Gasteiger partial charge in [-0.3, -0.25) is 4.79 Å². The molecule has 0 aliphatic carbocycles. The van der Waals surface area contributed by atoms with Gasteiger partial charge in [-0.15, -0.1) is 0 Å². The average molecular weight is 533 g/mol. The summed E-state index contributed by atoms with van der Waals surface area (Å²) in [6, 6.07) is 24.7. The van der Waals surface area contributed by atoms with Crippen molar-refractivity contribution in [1.29, 1.82) is 0 Å². The number of rotatable bonds is 7. The van der Waals surface area contributed by atoms with Crippen LogP contribution in [0.5, 0.6) is 0 Å². The highest BCUT2D eigenvalue weighted by molar-refractivity contribution is 6.15. The highest BCUT2D eigenvalue weighted by Crippen LogP contribution is 2.38. The highest BCUT2D eigenvalue weighted by atomic mass is 19.1. The number of carbonyl (C=O) groups is 1. The van der Waals surface area contributed by atoms with E-state index in [4.69, 9.17) is 10.7 Å². The predicted octanol–water partition coefficient (Wildman–Crippen LogP) is 6.07. The summed E-state index contributed by atoms with van der Waals surface area (Å²) in [4.78, 5) is 22.8.